The van der Waals surface area contributed by atoms with E-state index in [1.807, 2.05) is 18.5 Å². The molecule has 0 fully saturated rings. The fourth-order valence-electron chi connectivity index (χ4n) is 3.26. The van der Waals surface area contributed by atoms with E-state index in [-0.39, 0.29) is 11.5 Å². The number of aromatic amines is 1. The molecular formula is C18H21N3. The third-order valence-corrected chi connectivity index (χ3v) is 4.37. The average molecular weight is 279 g/mol. The maximum Gasteiger partial charge on any atom is 0.0644 e. The van der Waals surface area contributed by atoms with E-state index in [4.69, 9.17) is 0 Å². The molecule has 0 amide bonds. The van der Waals surface area contributed by atoms with E-state index in [0.717, 1.165) is 11.2 Å². The highest BCUT2D eigenvalue weighted by atomic mass is 15.0. The van der Waals surface area contributed by atoms with E-state index in [1.165, 1.54) is 16.5 Å². The van der Waals surface area contributed by atoms with E-state index in [2.05, 4.69) is 67.1 Å². The van der Waals surface area contributed by atoms with Gasteiger partial charge in [-0.05, 0) is 24.6 Å². The molecule has 0 spiro atoms. The van der Waals surface area contributed by atoms with Crippen molar-refractivity contribution in [1.82, 2.24) is 15.3 Å². The fourth-order valence-corrected chi connectivity index (χ4v) is 3.26. The summed E-state index contributed by atoms with van der Waals surface area (Å²) in [6.07, 6.45) is 12.0. The van der Waals surface area contributed by atoms with Gasteiger partial charge in [0.05, 0.1) is 17.8 Å². The van der Waals surface area contributed by atoms with Gasteiger partial charge in [-0.15, -0.1) is 0 Å². The van der Waals surface area contributed by atoms with Crippen LogP contribution in [0.3, 0.4) is 0 Å². The molecule has 2 aromatic heterocycles. The summed E-state index contributed by atoms with van der Waals surface area (Å²) in [6, 6.07) is 2.29. The molecule has 3 nitrogen and oxygen atoms in total. The van der Waals surface area contributed by atoms with Crippen molar-refractivity contribution in [3.8, 4) is 0 Å². The molecule has 2 N–H and O–H groups in total. The first-order valence-corrected chi connectivity index (χ1v) is 7.27. The molecule has 2 aromatic rings. The molecule has 1 aliphatic rings. The molecule has 108 valence electrons. The highest BCUT2D eigenvalue weighted by Gasteiger charge is 2.41. The maximum atomic E-state index is 4.18. The third-order valence-electron chi connectivity index (χ3n) is 4.37. The second-order valence-corrected chi connectivity index (χ2v) is 6.00. The van der Waals surface area contributed by atoms with E-state index in [0.29, 0.717) is 0 Å². The standard InChI is InChI=1S/C18H21N3/c1-5-7-14-15(6-2)21-17(18(14,3)4)13-10-20-16-11-19-9-8-12(13)16/h5-11,17,20-21H,2H2,1,3-4H3/b7-5-. The van der Waals surface area contributed by atoms with Crippen LogP contribution in [0.25, 0.3) is 10.9 Å². The van der Waals surface area contributed by atoms with Gasteiger partial charge in [-0.2, -0.15) is 0 Å². The zero-order valence-electron chi connectivity index (χ0n) is 12.8. The number of hydrogen-bond donors (Lipinski definition) is 2. The van der Waals surface area contributed by atoms with Crippen LogP contribution in [0, 0.1) is 5.41 Å². The number of hydrogen-bond acceptors (Lipinski definition) is 2. The Balaban J connectivity index is 2.11. The number of allylic oxidation sites excluding steroid dienone is 3. The number of pyridine rings is 1. The Morgan fingerprint density at radius 2 is 2.19 bits per heavy atom. The Labute approximate surface area is 125 Å². The van der Waals surface area contributed by atoms with Crippen molar-refractivity contribution >= 4 is 10.9 Å². The molecule has 0 bridgehead atoms. The molecule has 3 heterocycles. The lowest BCUT2D eigenvalue weighted by atomic mass is 9.76. The first-order chi connectivity index (χ1) is 10.1. The van der Waals surface area contributed by atoms with Crippen LogP contribution in [0.4, 0.5) is 0 Å². The first-order valence-electron chi connectivity index (χ1n) is 7.27. The molecule has 0 radical (unpaired) electrons. The molecule has 3 heteroatoms. The lowest BCUT2D eigenvalue weighted by Gasteiger charge is -2.29. The Bertz CT molecular complexity index is 747. The SMILES string of the molecule is C=CC1=C(/C=C\C)C(C)(C)C(c2c[nH]c3cnccc23)N1. The smallest absolute Gasteiger partial charge is 0.0644 e. The summed E-state index contributed by atoms with van der Waals surface area (Å²) in [6.45, 7) is 10.5. The maximum absolute atomic E-state index is 4.18. The number of fused-ring (bicyclic) bond motifs is 1. The highest BCUT2D eigenvalue weighted by molar-refractivity contribution is 5.83. The molecule has 0 saturated carbocycles. The van der Waals surface area contributed by atoms with Crippen LogP contribution < -0.4 is 5.32 Å². The van der Waals surface area contributed by atoms with Crippen LogP contribution in [0.15, 0.2) is 60.7 Å². The summed E-state index contributed by atoms with van der Waals surface area (Å²) in [7, 11) is 0. The summed E-state index contributed by atoms with van der Waals surface area (Å²) in [4.78, 5) is 7.49. The fraction of sp³-hybridized carbons (Fsp3) is 0.278. The van der Waals surface area contributed by atoms with Crippen molar-refractivity contribution in [3.63, 3.8) is 0 Å². The number of nitrogens with one attached hydrogen (secondary N) is 2. The van der Waals surface area contributed by atoms with Gasteiger partial charge in [-0.3, -0.25) is 4.98 Å². The van der Waals surface area contributed by atoms with Crippen LogP contribution in [0.2, 0.25) is 0 Å². The molecule has 1 aliphatic heterocycles. The molecule has 1 atom stereocenters. The van der Waals surface area contributed by atoms with Gasteiger partial charge in [-0.25, -0.2) is 0 Å². The van der Waals surface area contributed by atoms with Crippen LogP contribution in [-0.4, -0.2) is 9.97 Å². The van der Waals surface area contributed by atoms with Gasteiger partial charge in [0.1, 0.15) is 0 Å². The Morgan fingerprint density at radius 1 is 1.38 bits per heavy atom. The first kappa shape index (κ1) is 13.7. The number of rotatable bonds is 3. The van der Waals surface area contributed by atoms with Crippen molar-refractivity contribution in [2.45, 2.75) is 26.8 Å². The normalized spacial score (nSPS) is 21.2. The number of nitrogens with zero attached hydrogens (tertiary/aromatic N) is 1. The van der Waals surface area contributed by atoms with Crippen molar-refractivity contribution in [2.24, 2.45) is 5.41 Å². The summed E-state index contributed by atoms with van der Waals surface area (Å²) in [5, 5.41) is 4.85. The van der Waals surface area contributed by atoms with Gasteiger partial charge in [0.25, 0.3) is 0 Å². The predicted molar refractivity (Wildman–Crippen MR) is 87.8 cm³/mol. The van der Waals surface area contributed by atoms with Crippen LogP contribution in [-0.2, 0) is 0 Å². The van der Waals surface area contributed by atoms with E-state index >= 15 is 0 Å². The number of aromatic nitrogens is 2. The largest absolute Gasteiger partial charge is 0.377 e. The predicted octanol–water partition coefficient (Wildman–Crippen LogP) is 4.25. The Kier molecular flexibility index (Phi) is 3.20. The summed E-state index contributed by atoms with van der Waals surface area (Å²) >= 11 is 0. The second-order valence-electron chi connectivity index (χ2n) is 6.00. The van der Waals surface area contributed by atoms with E-state index in [9.17, 15) is 0 Å². The van der Waals surface area contributed by atoms with Gasteiger partial charge in [-0.1, -0.05) is 32.6 Å². The van der Waals surface area contributed by atoms with Gasteiger partial charge in [0, 0.05) is 34.5 Å². The Hall–Kier alpha value is -2.29. The molecule has 21 heavy (non-hydrogen) atoms. The minimum Gasteiger partial charge on any atom is -0.377 e. The summed E-state index contributed by atoms with van der Waals surface area (Å²) in [5.41, 5.74) is 4.76. The molecule has 3 rings (SSSR count). The lowest BCUT2D eigenvalue weighted by molar-refractivity contribution is 0.361. The van der Waals surface area contributed by atoms with Crippen LogP contribution in [0.5, 0.6) is 0 Å². The van der Waals surface area contributed by atoms with Gasteiger partial charge >= 0.3 is 0 Å². The highest BCUT2D eigenvalue weighted by Crippen LogP contribution is 2.48. The number of H-pyrrole nitrogens is 1. The Morgan fingerprint density at radius 3 is 2.90 bits per heavy atom. The quantitative estimate of drug-likeness (QED) is 0.881. The van der Waals surface area contributed by atoms with Crippen molar-refractivity contribution in [3.05, 3.63) is 66.3 Å². The van der Waals surface area contributed by atoms with Crippen molar-refractivity contribution < 1.29 is 0 Å². The third kappa shape index (κ3) is 2.00. The van der Waals surface area contributed by atoms with Gasteiger partial charge in [0.15, 0.2) is 0 Å². The molecule has 0 saturated heterocycles. The van der Waals surface area contributed by atoms with Crippen LogP contribution >= 0.6 is 0 Å². The summed E-state index contributed by atoms with van der Waals surface area (Å²) in [5.74, 6) is 0. The van der Waals surface area contributed by atoms with Crippen LogP contribution in [0.1, 0.15) is 32.4 Å². The average Bonchev–Trinajstić information content (AvgIpc) is 2.99. The van der Waals surface area contributed by atoms with Crippen molar-refractivity contribution in [2.75, 3.05) is 0 Å². The lowest BCUT2D eigenvalue weighted by Crippen LogP contribution is -2.26. The topological polar surface area (TPSA) is 40.7 Å². The minimum atomic E-state index is -0.00553. The minimum absolute atomic E-state index is 0.00553. The summed E-state index contributed by atoms with van der Waals surface area (Å²) < 4.78 is 0. The van der Waals surface area contributed by atoms with Gasteiger partial charge < -0.3 is 10.3 Å². The van der Waals surface area contributed by atoms with Crippen molar-refractivity contribution in [1.29, 1.82) is 0 Å². The second kappa shape index (κ2) is 4.92. The monoisotopic (exact) mass is 279 g/mol. The van der Waals surface area contributed by atoms with E-state index in [1.54, 1.807) is 0 Å². The van der Waals surface area contributed by atoms with E-state index < -0.39 is 0 Å². The van der Waals surface area contributed by atoms with Gasteiger partial charge in [0.2, 0.25) is 0 Å². The molecule has 0 aliphatic carbocycles. The molecule has 1 unspecified atom stereocenters. The molecule has 0 aromatic carbocycles. The zero-order valence-corrected chi connectivity index (χ0v) is 12.8. The zero-order chi connectivity index (χ0) is 15.0. The molecular weight excluding hydrogens is 258 g/mol.